The second-order valence-corrected chi connectivity index (χ2v) is 6.71. The minimum atomic E-state index is -0.227. The Hall–Kier alpha value is -3.60. The van der Waals surface area contributed by atoms with Crippen molar-refractivity contribution in [1.82, 2.24) is 0 Å². The fourth-order valence-electron chi connectivity index (χ4n) is 3.19. The van der Waals surface area contributed by atoms with Crippen molar-refractivity contribution in [3.63, 3.8) is 0 Å². The molecule has 1 aliphatic rings. The van der Waals surface area contributed by atoms with Crippen LogP contribution in [0.3, 0.4) is 0 Å². The van der Waals surface area contributed by atoms with Crippen LogP contribution in [-0.2, 0) is 11.3 Å². The molecule has 0 unspecified atom stereocenters. The molecule has 0 radical (unpaired) electrons. The van der Waals surface area contributed by atoms with Crippen LogP contribution < -0.4 is 15.0 Å². The summed E-state index contributed by atoms with van der Waals surface area (Å²) in [6.07, 6.45) is 0. The first-order valence-electron chi connectivity index (χ1n) is 9.10. The third-order valence-electron chi connectivity index (χ3n) is 4.74. The van der Waals surface area contributed by atoms with Gasteiger partial charge in [0.25, 0.3) is 11.8 Å². The van der Waals surface area contributed by atoms with Crippen molar-refractivity contribution in [2.75, 3.05) is 16.8 Å². The average Bonchev–Trinajstić information content (AvgIpc) is 2.72. The van der Waals surface area contributed by atoms with Crippen LogP contribution in [0.4, 0.5) is 11.4 Å². The van der Waals surface area contributed by atoms with Gasteiger partial charge in [-0.15, -0.1) is 0 Å². The van der Waals surface area contributed by atoms with E-state index in [0.29, 0.717) is 23.5 Å². The number of carbonyl (C=O) groups is 2. The van der Waals surface area contributed by atoms with Gasteiger partial charge in [0.05, 0.1) is 12.2 Å². The smallest absolute Gasteiger partial charge is 0.265 e. The zero-order chi connectivity index (χ0) is 19.5. The summed E-state index contributed by atoms with van der Waals surface area (Å²) in [4.78, 5) is 26.9. The number of carbonyl (C=O) groups excluding carboxylic acids is 2. The number of nitrogens with zero attached hydrogens (tertiary/aromatic N) is 1. The summed E-state index contributed by atoms with van der Waals surface area (Å²) in [6, 6.07) is 22.5. The Morgan fingerprint density at radius 2 is 1.79 bits per heavy atom. The van der Waals surface area contributed by atoms with E-state index in [1.165, 1.54) is 0 Å². The van der Waals surface area contributed by atoms with E-state index in [-0.39, 0.29) is 18.4 Å². The molecule has 0 atom stereocenters. The van der Waals surface area contributed by atoms with Gasteiger partial charge >= 0.3 is 0 Å². The highest BCUT2D eigenvalue weighted by Crippen LogP contribution is 2.34. The van der Waals surface area contributed by atoms with E-state index in [4.69, 9.17) is 4.74 Å². The summed E-state index contributed by atoms with van der Waals surface area (Å²) in [7, 11) is 0. The SMILES string of the molecule is Cc1ccccc1NC(=O)c1ccc2c(c1)N(Cc1ccccc1)C(=O)CO2. The molecule has 3 aromatic carbocycles. The molecular formula is C23H20N2O3. The fraction of sp³-hybridized carbons (Fsp3) is 0.130. The molecule has 0 aliphatic carbocycles. The number of benzene rings is 3. The maximum absolute atomic E-state index is 12.7. The Kier molecular flexibility index (Phi) is 4.81. The molecule has 4 rings (SSSR count). The van der Waals surface area contributed by atoms with Crippen LogP contribution in [-0.4, -0.2) is 18.4 Å². The number of nitrogens with one attached hydrogen (secondary N) is 1. The van der Waals surface area contributed by atoms with Crippen molar-refractivity contribution in [3.05, 3.63) is 89.5 Å². The molecule has 0 saturated carbocycles. The van der Waals surface area contributed by atoms with Crippen LogP contribution in [0.5, 0.6) is 5.75 Å². The van der Waals surface area contributed by atoms with Crippen LogP contribution in [0, 0.1) is 6.92 Å². The quantitative estimate of drug-likeness (QED) is 0.748. The van der Waals surface area contributed by atoms with Crippen molar-refractivity contribution < 1.29 is 14.3 Å². The molecule has 2 amide bonds. The first-order valence-corrected chi connectivity index (χ1v) is 9.10. The van der Waals surface area contributed by atoms with E-state index in [1.807, 2.05) is 61.5 Å². The first kappa shape index (κ1) is 17.8. The van der Waals surface area contributed by atoms with Crippen LogP contribution in [0.25, 0.3) is 0 Å². The van der Waals surface area contributed by atoms with E-state index in [0.717, 1.165) is 16.8 Å². The number of rotatable bonds is 4. The van der Waals surface area contributed by atoms with Crippen molar-refractivity contribution in [2.45, 2.75) is 13.5 Å². The summed E-state index contributed by atoms with van der Waals surface area (Å²) in [5, 5.41) is 2.93. The number of ether oxygens (including phenoxy) is 1. The van der Waals surface area contributed by atoms with Gasteiger partial charge in [0.2, 0.25) is 0 Å². The topological polar surface area (TPSA) is 58.6 Å². The standard InChI is InChI=1S/C23H20N2O3/c1-16-7-5-6-10-19(16)24-23(27)18-11-12-21-20(13-18)25(22(26)15-28-21)14-17-8-3-2-4-9-17/h2-13H,14-15H2,1H3,(H,24,27). The molecule has 5 heteroatoms. The Bertz CT molecular complexity index is 1030. The van der Waals surface area contributed by atoms with Crippen LogP contribution in [0.15, 0.2) is 72.8 Å². The number of para-hydroxylation sites is 1. The summed E-state index contributed by atoms with van der Waals surface area (Å²) in [5.41, 5.74) is 3.84. The molecule has 0 fully saturated rings. The number of aryl methyl sites for hydroxylation is 1. The van der Waals surface area contributed by atoms with E-state index >= 15 is 0 Å². The van der Waals surface area contributed by atoms with Crippen molar-refractivity contribution in [2.24, 2.45) is 0 Å². The Morgan fingerprint density at radius 1 is 1.04 bits per heavy atom. The zero-order valence-corrected chi connectivity index (χ0v) is 15.5. The Labute approximate surface area is 163 Å². The van der Waals surface area contributed by atoms with Gasteiger partial charge < -0.3 is 15.0 Å². The first-order chi connectivity index (χ1) is 13.6. The third kappa shape index (κ3) is 3.60. The minimum Gasteiger partial charge on any atom is -0.482 e. The predicted molar refractivity (Wildman–Crippen MR) is 109 cm³/mol. The Balaban J connectivity index is 1.63. The van der Waals surface area contributed by atoms with Crippen LogP contribution in [0.2, 0.25) is 0 Å². The second-order valence-electron chi connectivity index (χ2n) is 6.71. The number of hydrogen-bond donors (Lipinski definition) is 1. The molecule has 0 aromatic heterocycles. The number of hydrogen-bond acceptors (Lipinski definition) is 3. The third-order valence-corrected chi connectivity index (χ3v) is 4.74. The highest BCUT2D eigenvalue weighted by molar-refractivity contribution is 6.07. The Morgan fingerprint density at radius 3 is 2.57 bits per heavy atom. The van der Waals surface area contributed by atoms with Gasteiger partial charge in [-0.2, -0.15) is 0 Å². The summed E-state index contributed by atoms with van der Waals surface area (Å²) >= 11 is 0. The summed E-state index contributed by atoms with van der Waals surface area (Å²) in [5.74, 6) is 0.241. The average molecular weight is 372 g/mol. The van der Waals surface area contributed by atoms with Gasteiger partial charge in [0.15, 0.2) is 6.61 Å². The van der Waals surface area contributed by atoms with Gasteiger partial charge in [-0.05, 0) is 42.3 Å². The monoisotopic (exact) mass is 372 g/mol. The molecule has 140 valence electrons. The fourth-order valence-corrected chi connectivity index (χ4v) is 3.19. The van der Waals surface area contributed by atoms with Gasteiger partial charge in [0.1, 0.15) is 5.75 Å². The predicted octanol–water partition coefficient (Wildman–Crippen LogP) is 4.17. The molecule has 28 heavy (non-hydrogen) atoms. The molecule has 0 spiro atoms. The van der Waals surface area contributed by atoms with Crippen molar-refractivity contribution in [3.8, 4) is 5.75 Å². The van der Waals surface area contributed by atoms with Gasteiger partial charge in [-0.1, -0.05) is 48.5 Å². The van der Waals surface area contributed by atoms with Gasteiger partial charge in [-0.25, -0.2) is 0 Å². The number of anilines is 2. The van der Waals surface area contributed by atoms with E-state index in [1.54, 1.807) is 23.1 Å². The van der Waals surface area contributed by atoms with Gasteiger partial charge in [0, 0.05) is 11.3 Å². The lowest BCUT2D eigenvalue weighted by atomic mass is 10.1. The maximum atomic E-state index is 12.7. The largest absolute Gasteiger partial charge is 0.482 e. The highest BCUT2D eigenvalue weighted by atomic mass is 16.5. The molecule has 1 N–H and O–H groups in total. The lowest BCUT2D eigenvalue weighted by Crippen LogP contribution is -2.38. The van der Waals surface area contributed by atoms with Crippen molar-refractivity contribution >= 4 is 23.2 Å². The summed E-state index contributed by atoms with van der Waals surface area (Å²) < 4.78 is 5.55. The maximum Gasteiger partial charge on any atom is 0.265 e. The molecule has 1 aliphatic heterocycles. The second kappa shape index (κ2) is 7.56. The minimum absolute atomic E-state index is 0.00537. The lowest BCUT2D eigenvalue weighted by molar-refractivity contribution is -0.121. The van der Waals surface area contributed by atoms with Gasteiger partial charge in [-0.3, -0.25) is 9.59 Å². The van der Waals surface area contributed by atoms with Crippen LogP contribution in [0.1, 0.15) is 21.5 Å². The molecule has 0 bridgehead atoms. The molecular weight excluding hydrogens is 352 g/mol. The highest BCUT2D eigenvalue weighted by Gasteiger charge is 2.26. The van der Waals surface area contributed by atoms with E-state index in [9.17, 15) is 9.59 Å². The zero-order valence-electron chi connectivity index (χ0n) is 15.5. The van der Waals surface area contributed by atoms with Crippen molar-refractivity contribution in [1.29, 1.82) is 0 Å². The lowest BCUT2D eigenvalue weighted by Gasteiger charge is -2.30. The molecule has 1 heterocycles. The molecule has 3 aromatic rings. The normalized spacial score (nSPS) is 12.9. The number of amides is 2. The van der Waals surface area contributed by atoms with Crippen LogP contribution >= 0.6 is 0 Å². The molecule has 0 saturated heterocycles. The molecule has 5 nitrogen and oxygen atoms in total. The number of fused-ring (bicyclic) bond motifs is 1. The summed E-state index contributed by atoms with van der Waals surface area (Å²) in [6.45, 7) is 2.37. The van der Waals surface area contributed by atoms with E-state index in [2.05, 4.69) is 5.32 Å². The van der Waals surface area contributed by atoms with E-state index < -0.39 is 0 Å².